The summed E-state index contributed by atoms with van der Waals surface area (Å²) in [6.07, 6.45) is 0. The lowest BCUT2D eigenvalue weighted by atomic mass is 9.96. The van der Waals surface area contributed by atoms with Gasteiger partial charge in [0, 0.05) is 6.04 Å². The van der Waals surface area contributed by atoms with E-state index in [1.807, 2.05) is 30.3 Å². The molecule has 0 amide bonds. The Labute approximate surface area is 73.6 Å². The number of hydrogen-bond donors (Lipinski definition) is 2. The van der Waals surface area contributed by atoms with E-state index in [-0.39, 0.29) is 6.04 Å². The second-order valence-electron chi connectivity index (χ2n) is 3.15. The first kappa shape index (κ1) is 9.23. The summed E-state index contributed by atoms with van der Waals surface area (Å²) in [5.74, 6) is 0.340. The molecule has 1 aromatic carbocycles. The van der Waals surface area contributed by atoms with Gasteiger partial charge in [-0.15, -0.1) is 0 Å². The van der Waals surface area contributed by atoms with Crippen molar-refractivity contribution in [2.45, 2.75) is 13.0 Å². The van der Waals surface area contributed by atoms with Crippen LogP contribution in [0.3, 0.4) is 0 Å². The predicted molar refractivity (Wildman–Crippen MR) is 51.6 cm³/mol. The monoisotopic (exact) mass is 164 g/mol. The standard InChI is InChI=1S/C10H16N2/c1-8(7-11)10(12)9-5-3-2-4-6-9/h2-6,8,10H,7,11-12H2,1H3/t8-,10-/m0/s1. The van der Waals surface area contributed by atoms with Crippen LogP contribution in [0.15, 0.2) is 30.3 Å². The zero-order valence-electron chi connectivity index (χ0n) is 7.40. The highest BCUT2D eigenvalue weighted by Crippen LogP contribution is 2.17. The van der Waals surface area contributed by atoms with E-state index in [9.17, 15) is 0 Å². The van der Waals surface area contributed by atoms with E-state index < -0.39 is 0 Å². The minimum Gasteiger partial charge on any atom is -0.330 e. The number of benzene rings is 1. The van der Waals surface area contributed by atoms with E-state index in [1.54, 1.807) is 0 Å². The van der Waals surface area contributed by atoms with Gasteiger partial charge in [0.1, 0.15) is 0 Å². The van der Waals surface area contributed by atoms with Crippen molar-refractivity contribution >= 4 is 0 Å². The van der Waals surface area contributed by atoms with Crippen LogP contribution in [0.5, 0.6) is 0 Å². The number of nitrogens with two attached hydrogens (primary N) is 2. The molecule has 0 saturated heterocycles. The van der Waals surface area contributed by atoms with E-state index in [2.05, 4.69) is 6.92 Å². The minimum atomic E-state index is 0.0659. The van der Waals surface area contributed by atoms with E-state index >= 15 is 0 Å². The zero-order chi connectivity index (χ0) is 8.97. The van der Waals surface area contributed by atoms with E-state index in [4.69, 9.17) is 11.5 Å². The van der Waals surface area contributed by atoms with Crippen LogP contribution in [0.1, 0.15) is 18.5 Å². The maximum atomic E-state index is 5.97. The molecule has 0 spiro atoms. The number of hydrogen-bond acceptors (Lipinski definition) is 2. The van der Waals surface area contributed by atoms with Crippen molar-refractivity contribution in [1.29, 1.82) is 0 Å². The molecule has 0 heterocycles. The van der Waals surface area contributed by atoms with Crippen LogP contribution in [0, 0.1) is 5.92 Å². The fourth-order valence-corrected chi connectivity index (χ4v) is 1.15. The molecule has 1 aromatic rings. The fourth-order valence-electron chi connectivity index (χ4n) is 1.15. The summed E-state index contributed by atoms with van der Waals surface area (Å²) in [5, 5.41) is 0. The van der Waals surface area contributed by atoms with Crippen molar-refractivity contribution in [3.05, 3.63) is 35.9 Å². The molecule has 0 saturated carbocycles. The van der Waals surface area contributed by atoms with Gasteiger partial charge < -0.3 is 11.5 Å². The molecule has 0 bridgehead atoms. The average molecular weight is 164 g/mol. The van der Waals surface area contributed by atoms with Gasteiger partial charge in [-0.1, -0.05) is 37.3 Å². The van der Waals surface area contributed by atoms with Crippen LogP contribution < -0.4 is 11.5 Å². The first-order valence-corrected chi connectivity index (χ1v) is 4.26. The quantitative estimate of drug-likeness (QED) is 0.707. The highest BCUT2D eigenvalue weighted by Gasteiger charge is 2.11. The Kier molecular flexibility index (Phi) is 3.26. The molecule has 66 valence electrons. The van der Waals surface area contributed by atoms with Gasteiger partial charge in [-0.2, -0.15) is 0 Å². The Morgan fingerprint density at radius 2 is 1.83 bits per heavy atom. The lowest BCUT2D eigenvalue weighted by molar-refractivity contribution is 0.481. The first-order valence-electron chi connectivity index (χ1n) is 4.26. The fraction of sp³-hybridized carbons (Fsp3) is 0.400. The van der Waals surface area contributed by atoms with Gasteiger partial charge in [-0.3, -0.25) is 0 Å². The van der Waals surface area contributed by atoms with Gasteiger partial charge in [0.15, 0.2) is 0 Å². The summed E-state index contributed by atoms with van der Waals surface area (Å²) in [6.45, 7) is 2.70. The molecule has 0 unspecified atom stereocenters. The predicted octanol–water partition coefficient (Wildman–Crippen LogP) is 1.28. The molecule has 2 nitrogen and oxygen atoms in total. The smallest absolute Gasteiger partial charge is 0.0332 e. The molecule has 0 fully saturated rings. The Morgan fingerprint density at radius 3 is 2.33 bits per heavy atom. The summed E-state index contributed by atoms with van der Waals surface area (Å²) in [7, 11) is 0. The zero-order valence-corrected chi connectivity index (χ0v) is 7.40. The summed E-state index contributed by atoms with van der Waals surface area (Å²) in [6, 6.07) is 10.1. The Morgan fingerprint density at radius 1 is 1.25 bits per heavy atom. The van der Waals surface area contributed by atoms with Crippen molar-refractivity contribution in [3.8, 4) is 0 Å². The normalized spacial score (nSPS) is 15.6. The molecule has 2 atom stereocenters. The van der Waals surface area contributed by atoms with Crippen molar-refractivity contribution in [2.24, 2.45) is 17.4 Å². The van der Waals surface area contributed by atoms with Crippen molar-refractivity contribution < 1.29 is 0 Å². The van der Waals surface area contributed by atoms with Crippen LogP contribution in [0.2, 0.25) is 0 Å². The molecule has 12 heavy (non-hydrogen) atoms. The van der Waals surface area contributed by atoms with Crippen molar-refractivity contribution in [1.82, 2.24) is 0 Å². The van der Waals surface area contributed by atoms with Gasteiger partial charge in [0.2, 0.25) is 0 Å². The Hall–Kier alpha value is -0.860. The topological polar surface area (TPSA) is 52.0 Å². The average Bonchev–Trinajstić information content (AvgIpc) is 2.17. The van der Waals surface area contributed by atoms with Crippen molar-refractivity contribution in [2.75, 3.05) is 6.54 Å². The third-order valence-corrected chi connectivity index (χ3v) is 2.17. The maximum absolute atomic E-state index is 5.97. The molecular formula is C10H16N2. The lowest BCUT2D eigenvalue weighted by Crippen LogP contribution is -2.25. The van der Waals surface area contributed by atoms with Crippen molar-refractivity contribution in [3.63, 3.8) is 0 Å². The molecule has 1 rings (SSSR count). The lowest BCUT2D eigenvalue weighted by Gasteiger charge is -2.18. The van der Waals surface area contributed by atoms with E-state index in [0.717, 1.165) is 5.56 Å². The summed E-state index contributed by atoms with van der Waals surface area (Å²) < 4.78 is 0. The molecule has 4 N–H and O–H groups in total. The molecule has 0 aliphatic rings. The van der Waals surface area contributed by atoms with Gasteiger partial charge in [0.25, 0.3) is 0 Å². The van der Waals surface area contributed by atoms with Crippen LogP contribution in [0.25, 0.3) is 0 Å². The van der Waals surface area contributed by atoms with Gasteiger partial charge in [-0.25, -0.2) is 0 Å². The van der Waals surface area contributed by atoms with Gasteiger partial charge in [-0.05, 0) is 18.0 Å². The molecule has 0 aromatic heterocycles. The highest BCUT2D eigenvalue weighted by molar-refractivity contribution is 5.18. The van der Waals surface area contributed by atoms with E-state index in [1.165, 1.54) is 0 Å². The van der Waals surface area contributed by atoms with E-state index in [0.29, 0.717) is 12.5 Å². The van der Waals surface area contributed by atoms with Gasteiger partial charge >= 0.3 is 0 Å². The second-order valence-corrected chi connectivity index (χ2v) is 3.15. The minimum absolute atomic E-state index is 0.0659. The molecule has 0 aliphatic heterocycles. The Balaban J connectivity index is 2.71. The molecule has 0 radical (unpaired) electrons. The SMILES string of the molecule is C[C@@H](CN)[C@H](N)c1ccccc1. The highest BCUT2D eigenvalue weighted by atomic mass is 14.7. The van der Waals surface area contributed by atoms with Crippen LogP contribution in [0.4, 0.5) is 0 Å². The van der Waals surface area contributed by atoms with Gasteiger partial charge in [0.05, 0.1) is 0 Å². The van der Waals surface area contributed by atoms with Crippen LogP contribution in [-0.2, 0) is 0 Å². The largest absolute Gasteiger partial charge is 0.330 e. The molecule has 0 aliphatic carbocycles. The third kappa shape index (κ3) is 2.06. The summed E-state index contributed by atoms with van der Waals surface area (Å²) >= 11 is 0. The Bertz CT molecular complexity index is 221. The third-order valence-electron chi connectivity index (χ3n) is 2.17. The van der Waals surface area contributed by atoms with Crippen LogP contribution in [-0.4, -0.2) is 6.54 Å². The maximum Gasteiger partial charge on any atom is 0.0332 e. The second kappa shape index (κ2) is 4.24. The summed E-state index contributed by atoms with van der Waals surface area (Å²) in [4.78, 5) is 0. The first-order chi connectivity index (χ1) is 5.75. The molecular weight excluding hydrogens is 148 g/mol. The number of rotatable bonds is 3. The van der Waals surface area contributed by atoms with Crippen LogP contribution >= 0.6 is 0 Å². The summed E-state index contributed by atoms with van der Waals surface area (Å²) in [5.41, 5.74) is 12.7. The molecule has 2 heteroatoms.